The van der Waals surface area contributed by atoms with E-state index in [4.69, 9.17) is 10.5 Å². The molecule has 3 nitrogen and oxygen atoms in total. The number of hydrogen-bond acceptors (Lipinski definition) is 3. The van der Waals surface area contributed by atoms with Crippen molar-refractivity contribution in [3.05, 3.63) is 0 Å². The number of nitrogens with zero attached hydrogens (tertiary/aromatic N) is 1. The zero-order chi connectivity index (χ0) is 9.31. The number of nitrogens with two attached hydrogens (primary N) is 1. The number of ether oxygens (including phenoxy) is 1. The van der Waals surface area contributed by atoms with Crippen LogP contribution in [-0.2, 0) is 4.74 Å². The van der Waals surface area contributed by atoms with Gasteiger partial charge in [0.1, 0.15) is 0 Å². The highest BCUT2D eigenvalue weighted by Crippen LogP contribution is 2.40. The Morgan fingerprint density at radius 3 is 2.31 bits per heavy atom. The Balaban J connectivity index is 2.02. The second-order valence-corrected chi connectivity index (χ2v) is 4.35. The van der Waals surface area contributed by atoms with Crippen LogP contribution in [0.2, 0.25) is 0 Å². The van der Waals surface area contributed by atoms with Crippen molar-refractivity contribution in [2.45, 2.75) is 37.8 Å². The summed E-state index contributed by atoms with van der Waals surface area (Å²) in [5.74, 6) is 0. The topological polar surface area (TPSA) is 38.5 Å². The second kappa shape index (κ2) is 3.56. The molecule has 1 atom stereocenters. The maximum atomic E-state index is 6.08. The van der Waals surface area contributed by atoms with E-state index >= 15 is 0 Å². The molecular formula is C10H20N2O. The molecule has 2 N–H and O–H groups in total. The first-order valence-corrected chi connectivity index (χ1v) is 5.34. The van der Waals surface area contributed by atoms with Crippen LogP contribution in [0.1, 0.15) is 26.2 Å². The van der Waals surface area contributed by atoms with Crippen LogP contribution in [0.15, 0.2) is 0 Å². The predicted octanol–water partition coefficient (Wildman–Crippen LogP) is 0.588. The van der Waals surface area contributed by atoms with Crippen LogP contribution in [0.3, 0.4) is 0 Å². The Kier molecular flexibility index (Phi) is 2.58. The molecule has 76 valence electrons. The first-order valence-electron chi connectivity index (χ1n) is 5.34. The monoisotopic (exact) mass is 184 g/mol. The van der Waals surface area contributed by atoms with Crippen molar-refractivity contribution in [1.29, 1.82) is 0 Å². The molecule has 0 aromatic heterocycles. The summed E-state index contributed by atoms with van der Waals surface area (Å²) in [5.41, 5.74) is 6.40. The molecule has 2 aliphatic rings. The highest BCUT2D eigenvalue weighted by atomic mass is 16.5. The third-order valence-corrected chi connectivity index (χ3v) is 3.71. The molecule has 1 unspecified atom stereocenters. The molecule has 0 radical (unpaired) electrons. The van der Waals surface area contributed by atoms with Gasteiger partial charge < -0.3 is 10.5 Å². The van der Waals surface area contributed by atoms with Crippen molar-refractivity contribution in [1.82, 2.24) is 4.90 Å². The number of hydrogen-bond donors (Lipinski definition) is 1. The van der Waals surface area contributed by atoms with Gasteiger partial charge in [0.2, 0.25) is 0 Å². The molecule has 0 amide bonds. The Bertz CT molecular complexity index is 172. The van der Waals surface area contributed by atoms with Crippen LogP contribution < -0.4 is 5.73 Å². The van der Waals surface area contributed by atoms with Gasteiger partial charge in [-0.05, 0) is 26.2 Å². The Morgan fingerprint density at radius 2 is 1.92 bits per heavy atom. The van der Waals surface area contributed by atoms with Crippen LogP contribution in [0.4, 0.5) is 0 Å². The molecule has 0 aromatic carbocycles. The van der Waals surface area contributed by atoms with Crippen LogP contribution in [0.25, 0.3) is 0 Å². The Hall–Kier alpha value is -0.120. The normalized spacial score (nSPS) is 30.9. The largest absolute Gasteiger partial charge is 0.379 e. The lowest BCUT2D eigenvalue weighted by atomic mass is 9.70. The van der Waals surface area contributed by atoms with Gasteiger partial charge in [0.25, 0.3) is 0 Å². The Morgan fingerprint density at radius 1 is 1.31 bits per heavy atom. The van der Waals surface area contributed by atoms with Gasteiger partial charge >= 0.3 is 0 Å². The van der Waals surface area contributed by atoms with Gasteiger partial charge in [-0.3, -0.25) is 4.90 Å². The van der Waals surface area contributed by atoms with E-state index in [1.165, 1.54) is 19.3 Å². The molecule has 1 saturated heterocycles. The first-order chi connectivity index (χ1) is 6.26. The van der Waals surface area contributed by atoms with E-state index in [2.05, 4.69) is 11.8 Å². The maximum Gasteiger partial charge on any atom is 0.0594 e. The standard InChI is InChI=1S/C10H20N2O/c1-9(11)10(3-2-4-10)12-5-7-13-8-6-12/h9H,2-8,11H2,1H3. The average Bonchev–Trinajstić information content (AvgIpc) is 2.03. The lowest BCUT2D eigenvalue weighted by molar-refractivity contribution is -0.0652. The third-order valence-electron chi connectivity index (χ3n) is 3.71. The fourth-order valence-electron chi connectivity index (χ4n) is 2.61. The second-order valence-electron chi connectivity index (χ2n) is 4.35. The van der Waals surface area contributed by atoms with Crippen molar-refractivity contribution >= 4 is 0 Å². The highest BCUT2D eigenvalue weighted by molar-refractivity contribution is 5.03. The van der Waals surface area contributed by atoms with Gasteiger partial charge in [-0.25, -0.2) is 0 Å². The van der Waals surface area contributed by atoms with Crippen LogP contribution in [0, 0.1) is 0 Å². The molecule has 0 bridgehead atoms. The van der Waals surface area contributed by atoms with E-state index in [1.54, 1.807) is 0 Å². The zero-order valence-electron chi connectivity index (χ0n) is 8.46. The van der Waals surface area contributed by atoms with Gasteiger partial charge in [-0.2, -0.15) is 0 Å². The van der Waals surface area contributed by atoms with Crippen molar-refractivity contribution in [3.8, 4) is 0 Å². The molecule has 13 heavy (non-hydrogen) atoms. The molecule has 3 heteroatoms. The molecule has 1 aliphatic heterocycles. The SMILES string of the molecule is CC(N)C1(N2CCOCC2)CCC1. The zero-order valence-corrected chi connectivity index (χ0v) is 8.46. The lowest BCUT2D eigenvalue weighted by Crippen LogP contribution is -2.65. The molecule has 2 rings (SSSR count). The molecular weight excluding hydrogens is 164 g/mol. The Labute approximate surface area is 80.2 Å². The average molecular weight is 184 g/mol. The molecule has 2 fully saturated rings. The fraction of sp³-hybridized carbons (Fsp3) is 1.00. The van der Waals surface area contributed by atoms with Gasteiger partial charge in [-0.1, -0.05) is 0 Å². The van der Waals surface area contributed by atoms with E-state index in [0.29, 0.717) is 11.6 Å². The minimum atomic E-state index is 0.305. The maximum absolute atomic E-state index is 6.08. The van der Waals surface area contributed by atoms with Gasteiger partial charge in [0.05, 0.1) is 13.2 Å². The summed E-state index contributed by atoms with van der Waals surface area (Å²) in [6, 6.07) is 0.305. The molecule has 1 saturated carbocycles. The van der Waals surface area contributed by atoms with Gasteiger partial charge in [-0.15, -0.1) is 0 Å². The van der Waals surface area contributed by atoms with Gasteiger partial charge in [0, 0.05) is 24.7 Å². The molecule has 1 heterocycles. The van der Waals surface area contributed by atoms with E-state index in [0.717, 1.165) is 26.3 Å². The molecule has 0 spiro atoms. The van der Waals surface area contributed by atoms with Crippen molar-refractivity contribution < 1.29 is 4.74 Å². The molecule has 0 aromatic rings. The summed E-state index contributed by atoms with van der Waals surface area (Å²) in [6.45, 7) is 6.06. The lowest BCUT2D eigenvalue weighted by Gasteiger charge is -2.54. The summed E-state index contributed by atoms with van der Waals surface area (Å²) in [7, 11) is 0. The fourth-order valence-corrected chi connectivity index (χ4v) is 2.61. The van der Waals surface area contributed by atoms with Crippen LogP contribution in [0.5, 0.6) is 0 Å². The quantitative estimate of drug-likeness (QED) is 0.682. The van der Waals surface area contributed by atoms with E-state index in [9.17, 15) is 0 Å². The van der Waals surface area contributed by atoms with E-state index in [1.807, 2.05) is 0 Å². The summed E-state index contributed by atoms with van der Waals surface area (Å²) in [6.07, 6.45) is 3.91. The van der Waals surface area contributed by atoms with Crippen molar-refractivity contribution in [2.24, 2.45) is 5.73 Å². The van der Waals surface area contributed by atoms with E-state index in [-0.39, 0.29) is 0 Å². The summed E-state index contributed by atoms with van der Waals surface area (Å²) >= 11 is 0. The number of morpholine rings is 1. The van der Waals surface area contributed by atoms with E-state index < -0.39 is 0 Å². The minimum absolute atomic E-state index is 0.305. The predicted molar refractivity (Wildman–Crippen MR) is 52.6 cm³/mol. The van der Waals surface area contributed by atoms with Crippen LogP contribution in [-0.4, -0.2) is 42.8 Å². The van der Waals surface area contributed by atoms with Crippen LogP contribution >= 0.6 is 0 Å². The van der Waals surface area contributed by atoms with Gasteiger partial charge in [0.15, 0.2) is 0 Å². The van der Waals surface area contributed by atoms with Crippen molar-refractivity contribution in [2.75, 3.05) is 26.3 Å². The molecule has 1 aliphatic carbocycles. The van der Waals surface area contributed by atoms with Crippen molar-refractivity contribution in [3.63, 3.8) is 0 Å². The summed E-state index contributed by atoms with van der Waals surface area (Å²) in [4.78, 5) is 2.55. The third kappa shape index (κ3) is 1.49. The number of rotatable bonds is 2. The minimum Gasteiger partial charge on any atom is -0.379 e. The summed E-state index contributed by atoms with van der Waals surface area (Å²) < 4.78 is 5.36. The first kappa shape index (κ1) is 9.44. The summed E-state index contributed by atoms with van der Waals surface area (Å²) in [5, 5.41) is 0. The highest BCUT2D eigenvalue weighted by Gasteiger charge is 2.45. The smallest absolute Gasteiger partial charge is 0.0594 e.